The van der Waals surface area contributed by atoms with Crippen LogP contribution in [0.1, 0.15) is 47.6 Å². The highest BCUT2D eigenvalue weighted by atomic mass is 16.2. The van der Waals surface area contributed by atoms with Crippen LogP contribution in [-0.4, -0.2) is 37.1 Å². The molecule has 0 bridgehead atoms. The summed E-state index contributed by atoms with van der Waals surface area (Å²) in [5.74, 6) is 1.18. The number of likely N-dealkylation sites (tertiary alicyclic amines) is 1. The molecule has 0 radical (unpaired) electrons. The van der Waals surface area contributed by atoms with E-state index in [2.05, 4.69) is 60.1 Å². The number of hydrogen-bond donors (Lipinski definition) is 1. The van der Waals surface area contributed by atoms with Crippen molar-refractivity contribution >= 4 is 5.91 Å². The molecule has 6 heteroatoms. The molecular formula is C22H27N5O. The first-order chi connectivity index (χ1) is 13.5. The van der Waals surface area contributed by atoms with Gasteiger partial charge in [-0.25, -0.2) is 4.98 Å². The Morgan fingerprint density at radius 1 is 1.18 bits per heavy atom. The molecule has 1 aromatic carbocycles. The molecule has 0 spiro atoms. The van der Waals surface area contributed by atoms with Gasteiger partial charge < -0.3 is 9.88 Å². The maximum absolute atomic E-state index is 12.5. The molecule has 1 fully saturated rings. The quantitative estimate of drug-likeness (QED) is 0.737. The highest BCUT2D eigenvalue weighted by Gasteiger charge is 2.32. The second kappa shape index (κ2) is 7.26. The smallest absolute Gasteiger partial charge is 0.223 e. The molecular weight excluding hydrogens is 350 g/mol. The number of rotatable bonds is 5. The number of aromatic amines is 1. The predicted molar refractivity (Wildman–Crippen MR) is 109 cm³/mol. The Balaban J connectivity index is 1.51. The highest BCUT2D eigenvalue weighted by Crippen LogP contribution is 2.31. The maximum Gasteiger partial charge on any atom is 0.223 e. The summed E-state index contributed by atoms with van der Waals surface area (Å²) in [7, 11) is 0. The van der Waals surface area contributed by atoms with Crippen molar-refractivity contribution in [3.05, 3.63) is 58.8 Å². The fourth-order valence-corrected chi connectivity index (χ4v) is 4.09. The van der Waals surface area contributed by atoms with Gasteiger partial charge in [-0.1, -0.05) is 29.8 Å². The van der Waals surface area contributed by atoms with Crippen LogP contribution in [0.4, 0.5) is 0 Å². The van der Waals surface area contributed by atoms with Gasteiger partial charge in [0.2, 0.25) is 5.91 Å². The minimum absolute atomic E-state index is 0.105. The molecule has 1 N–H and O–H groups in total. The van der Waals surface area contributed by atoms with Crippen molar-refractivity contribution in [3.63, 3.8) is 0 Å². The van der Waals surface area contributed by atoms with E-state index in [9.17, 15) is 4.79 Å². The van der Waals surface area contributed by atoms with Gasteiger partial charge in [-0.2, -0.15) is 5.10 Å². The van der Waals surface area contributed by atoms with Crippen molar-refractivity contribution in [1.29, 1.82) is 0 Å². The van der Waals surface area contributed by atoms with E-state index in [1.807, 2.05) is 22.7 Å². The molecule has 1 atom stereocenters. The lowest BCUT2D eigenvalue weighted by atomic mass is 10.1. The topological polar surface area (TPSA) is 66.8 Å². The van der Waals surface area contributed by atoms with Crippen LogP contribution in [0, 0.1) is 20.8 Å². The number of H-pyrrole nitrogens is 1. The van der Waals surface area contributed by atoms with Gasteiger partial charge in [-0.15, -0.1) is 0 Å². The Bertz CT molecular complexity index is 999. The van der Waals surface area contributed by atoms with Crippen LogP contribution < -0.4 is 0 Å². The minimum atomic E-state index is 0.105. The second-order valence-corrected chi connectivity index (χ2v) is 7.70. The number of aromatic nitrogens is 4. The van der Waals surface area contributed by atoms with Crippen LogP contribution in [0.15, 0.2) is 30.5 Å². The van der Waals surface area contributed by atoms with E-state index in [0.29, 0.717) is 19.5 Å². The van der Waals surface area contributed by atoms with Crippen LogP contribution in [0.25, 0.3) is 11.3 Å². The standard InChI is InChI=1S/C22H27N5O/c1-5-27-16(4)21(15(3)25-27)19-11-23-22(24-19)18-10-20(28)26(13-18)12-17-8-6-14(2)7-9-17/h6-9,11,18H,5,10,12-13H2,1-4H3,(H,23,24). The first-order valence-electron chi connectivity index (χ1n) is 9.88. The third-order valence-electron chi connectivity index (χ3n) is 5.64. The molecule has 0 aliphatic carbocycles. The number of hydrogen-bond acceptors (Lipinski definition) is 3. The Morgan fingerprint density at radius 3 is 2.61 bits per heavy atom. The van der Waals surface area contributed by atoms with E-state index >= 15 is 0 Å². The summed E-state index contributed by atoms with van der Waals surface area (Å²) in [4.78, 5) is 22.5. The summed E-state index contributed by atoms with van der Waals surface area (Å²) in [6, 6.07) is 8.37. The zero-order chi connectivity index (χ0) is 19.8. The summed E-state index contributed by atoms with van der Waals surface area (Å²) >= 11 is 0. The lowest BCUT2D eigenvalue weighted by molar-refractivity contribution is -0.128. The summed E-state index contributed by atoms with van der Waals surface area (Å²) < 4.78 is 2.01. The van der Waals surface area contributed by atoms with Gasteiger partial charge in [0.25, 0.3) is 0 Å². The van der Waals surface area contributed by atoms with Crippen LogP contribution in [0.5, 0.6) is 0 Å². The first kappa shape index (κ1) is 18.5. The number of aryl methyl sites for hydroxylation is 3. The van der Waals surface area contributed by atoms with E-state index < -0.39 is 0 Å². The number of nitrogens with zero attached hydrogens (tertiary/aromatic N) is 4. The zero-order valence-corrected chi connectivity index (χ0v) is 17.0. The number of nitrogens with one attached hydrogen (secondary N) is 1. The minimum Gasteiger partial charge on any atom is -0.342 e. The predicted octanol–water partition coefficient (Wildman–Crippen LogP) is 3.73. The lowest BCUT2D eigenvalue weighted by Crippen LogP contribution is -2.24. The fraction of sp³-hybridized carbons (Fsp3) is 0.409. The first-order valence-corrected chi connectivity index (χ1v) is 9.88. The van der Waals surface area contributed by atoms with Gasteiger partial charge in [-0.3, -0.25) is 9.48 Å². The summed E-state index contributed by atoms with van der Waals surface area (Å²) in [5, 5.41) is 4.60. The van der Waals surface area contributed by atoms with E-state index in [0.717, 1.165) is 40.6 Å². The van der Waals surface area contributed by atoms with Gasteiger partial charge in [0.1, 0.15) is 5.82 Å². The number of carbonyl (C=O) groups excluding carboxylic acids is 1. The van der Waals surface area contributed by atoms with E-state index in [-0.39, 0.29) is 11.8 Å². The Kier molecular flexibility index (Phi) is 4.79. The summed E-state index contributed by atoms with van der Waals surface area (Å²) in [6.07, 6.45) is 2.38. The van der Waals surface area contributed by atoms with Crippen molar-refractivity contribution in [3.8, 4) is 11.3 Å². The molecule has 1 saturated heterocycles. The largest absolute Gasteiger partial charge is 0.342 e. The average molecular weight is 377 g/mol. The highest BCUT2D eigenvalue weighted by molar-refractivity contribution is 5.79. The summed E-state index contributed by atoms with van der Waals surface area (Å²) in [5.41, 5.74) is 6.62. The Hall–Kier alpha value is -2.89. The third-order valence-corrected chi connectivity index (χ3v) is 5.64. The van der Waals surface area contributed by atoms with Gasteiger partial charge in [0.15, 0.2) is 0 Å². The van der Waals surface area contributed by atoms with Crippen LogP contribution in [0.2, 0.25) is 0 Å². The van der Waals surface area contributed by atoms with Gasteiger partial charge in [0, 0.05) is 43.2 Å². The number of carbonyl (C=O) groups is 1. The van der Waals surface area contributed by atoms with Gasteiger partial charge >= 0.3 is 0 Å². The number of imidazole rings is 1. The fourth-order valence-electron chi connectivity index (χ4n) is 4.09. The molecule has 1 aliphatic heterocycles. The molecule has 0 saturated carbocycles. The monoisotopic (exact) mass is 377 g/mol. The molecule has 3 heterocycles. The number of benzene rings is 1. The van der Waals surface area contributed by atoms with Gasteiger partial charge in [0.05, 0.1) is 17.6 Å². The molecule has 2 aromatic heterocycles. The van der Waals surface area contributed by atoms with Crippen molar-refractivity contribution < 1.29 is 4.79 Å². The zero-order valence-electron chi connectivity index (χ0n) is 17.0. The van der Waals surface area contributed by atoms with E-state index in [1.165, 1.54) is 5.56 Å². The van der Waals surface area contributed by atoms with E-state index in [1.54, 1.807) is 0 Å². The molecule has 1 aliphatic rings. The summed E-state index contributed by atoms with van der Waals surface area (Å²) in [6.45, 7) is 10.5. The Morgan fingerprint density at radius 2 is 1.93 bits per heavy atom. The van der Waals surface area contributed by atoms with Crippen LogP contribution >= 0.6 is 0 Å². The van der Waals surface area contributed by atoms with Gasteiger partial charge in [-0.05, 0) is 33.3 Å². The van der Waals surface area contributed by atoms with E-state index in [4.69, 9.17) is 0 Å². The molecule has 4 rings (SSSR count). The van der Waals surface area contributed by atoms with Crippen molar-refractivity contribution in [2.45, 2.75) is 53.1 Å². The molecule has 1 unspecified atom stereocenters. The second-order valence-electron chi connectivity index (χ2n) is 7.70. The lowest BCUT2D eigenvalue weighted by Gasteiger charge is -2.16. The van der Waals surface area contributed by atoms with Crippen molar-refractivity contribution in [2.75, 3.05) is 6.54 Å². The maximum atomic E-state index is 12.5. The molecule has 1 amide bonds. The molecule has 6 nitrogen and oxygen atoms in total. The number of amides is 1. The Labute approximate surface area is 165 Å². The van der Waals surface area contributed by atoms with Crippen LogP contribution in [0.3, 0.4) is 0 Å². The molecule has 28 heavy (non-hydrogen) atoms. The SMILES string of the molecule is CCn1nc(C)c(-c2cnc(C3CC(=O)N(Cc4ccc(C)cc4)C3)[nH]2)c1C. The molecule has 3 aromatic rings. The van der Waals surface area contributed by atoms with Crippen LogP contribution in [-0.2, 0) is 17.9 Å². The average Bonchev–Trinajstić information content (AvgIpc) is 3.35. The third kappa shape index (κ3) is 3.35. The van der Waals surface area contributed by atoms with Crippen molar-refractivity contribution in [2.24, 2.45) is 0 Å². The molecule has 146 valence electrons. The normalized spacial score (nSPS) is 16.9. The van der Waals surface area contributed by atoms with Crippen molar-refractivity contribution in [1.82, 2.24) is 24.6 Å².